The van der Waals surface area contributed by atoms with Gasteiger partial charge in [0.15, 0.2) is 0 Å². The topological polar surface area (TPSA) is 66.6 Å². The van der Waals surface area contributed by atoms with Gasteiger partial charge in [0.1, 0.15) is 5.65 Å². The zero-order valence-corrected chi connectivity index (χ0v) is 12.6. The van der Waals surface area contributed by atoms with Crippen molar-refractivity contribution in [3.05, 3.63) is 64.2 Å². The third-order valence-electron chi connectivity index (χ3n) is 3.11. The average molecular weight is 313 g/mol. The van der Waals surface area contributed by atoms with Crippen LogP contribution in [0.4, 0.5) is 0 Å². The Bertz CT molecular complexity index is 787. The molecule has 0 atom stereocenters. The Morgan fingerprint density at radius 2 is 2.36 bits per heavy atom. The minimum atomic E-state index is -0.170. The molecule has 1 amide bonds. The SMILES string of the molecule is O=C(C=Cc1cc(CO)cs1)NCc1cn2ccccc2n1. The second kappa shape index (κ2) is 6.55. The lowest BCUT2D eigenvalue weighted by molar-refractivity contribution is -0.116. The van der Waals surface area contributed by atoms with Gasteiger partial charge in [-0.1, -0.05) is 6.07 Å². The van der Waals surface area contributed by atoms with Gasteiger partial charge in [-0.05, 0) is 35.2 Å². The molecule has 3 heterocycles. The van der Waals surface area contributed by atoms with Crippen molar-refractivity contribution in [1.29, 1.82) is 0 Å². The van der Waals surface area contributed by atoms with Crippen LogP contribution >= 0.6 is 11.3 Å². The van der Waals surface area contributed by atoms with Gasteiger partial charge in [0.2, 0.25) is 5.91 Å². The van der Waals surface area contributed by atoms with E-state index in [9.17, 15) is 4.79 Å². The Balaban J connectivity index is 1.57. The number of nitrogens with zero attached hydrogens (tertiary/aromatic N) is 2. The highest BCUT2D eigenvalue weighted by Gasteiger charge is 2.02. The van der Waals surface area contributed by atoms with E-state index in [0.717, 1.165) is 21.8 Å². The number of rotatable bonds is 5. The summed E-state index contributed by atoms with van der Waals surface area (Å²) in [6, 6.07) is 7.63. The number of fused-ring (bicyclic) bond motifs is 1. The van der Waals surface area contributed by atoms with Crippen LogP contribution in [0.25, 0.3) is 11.7 Å². The first-order chi connectivity index (χ1) is 10.7. The van der Waals surface area contributed by atoms with Gasteiger partial charge in [0, 0.05) is 23.3 Å². The van der Waals surface area contributed by atoms with Crippen molar-refractivity contribution < 1.29 is 9.90 Å². The molecule has 0 aliphatic heterocycles. The highest BCUT2D eigenvalue weighted by Crippen LogP contribution is 2.16. The number of aliphatic hydroxyl groups excluding tert-OH is 1. The summed E-state index contributed by atoms with van der Waals surface area (Å²) in [6.45, 7) is 0.404. The van der Waals surface area contributed by atoms with Gasteiger partial charge in [0.05, 0.1) is 18.8 Å². The largest absolute Gasteiger partial charge is 0.392 e. The molecule has 0 radical (unpaired) electrons. The van der Waals surface area contributed by atoms with Crippen molar-refractivity contribution in [2.75, 3.05) is 0 Å². The van der Waals surface area contributed by atoms with Crippen LogP contribution in [0.5, 0.6) is 0 Å². The minimum absolute atomic E-state index is 0.0183. The zero-order valence-electron chi connectivity index (χ0n) is 11.8. The summed E-state index contributed by atoms with van der Waals surface area (Å²) in [4.78, 5) is 17.2. The summed E-state index contributed by atoms with van der Waals surface area (Å²) in [5, 5.41) is 13.7. The van der Waals surface area contributed by atoms with E-state index < -0.39 is 0 Å². The van der Waals surface area contributed by atoms with Gasteiger partial charge in [-0.15, -0.1) is 11.3 Å². The molecule has 5 nitrogen and oxygen atoms in total. The number of aromatic nitrogens is 2. The molecule has 2 N–H and O–H groups in total. The minimum Gasteiger partial charge on any atom is -0.392 e. The molecule has 0 fully saturated rings. The number of hydrogen-bond acceptors (Lipinski definition) is 4. The molecule has 0 unspecified atom stereocenters. The van der Waals surface area contributed by atoms with Crippen LogP contribution in [0.3, 0.4) is 0 Å². The zero-order chi connectivity index (χ0) is 15.4. The van der Waals surface area contributed by atoms with Crippen LogP contribution < -0.4 is 5.32 Å². The molecular weight excluding hydrogens is 298 g/mol. The van der Waals surface area contributed by atoms with E-state index in [-0.39, 0.29) is 12.5 Å². The quantitative estimate of drug-likeness (QED) is 0.710. The lowest BCUT2D eigenvalue weighted by Gasteiger charge is -1.97. The normalized spacial score (nSPS) is 11.3. The molecule has 0 saturated carbocycles. The van der Waals surface area contributed by atoms with Crippen molar-refractivity contribution in [3.8, 4) is 0 Å². The predicted octanol–water partition coefficient (Wildman–Crippen LogP) is 2.22. The van der Waals surface area contributed by atoms with Crippen LogP contribution in [-0.2, 0) is 17.9 Å². The maximum absolute atomic E-state index is 11.8. The Morgan fingerprint density at radius 1 is 1.45 bits per heavy atom. The smallest absolute Gasteiger partial charge is 0.244 e. The first-order valence-corrected chi connectivity index (χ1v) is 7.69. The summed E-state index contributed by atoms with van der Waals surface area (Å²) in [7, 11) is 0. The third kappa shape index (κ3) is 3.41. The maximum atomic E-state index is 11.8. The van der Waals surface area contributed by atoms with Crippen LogP contribution in [0, 0.1) is 0 Å². The number of carbonyl (C=O) groups is 1. The molecule has 0 aliphatic rings. The summed E-state index contributed by atoms with van der Waals surface area (Å²) in [6.07, 6.45) is 7.04. The van der Waals surface area contributed by atoms with E-state index in [4.69, 9.17) is 5.11 Å². The van der Waals surface area contributed by atoms with Gasteiger partial charge in [0.25, 0.3) is 0 Å². The van der Waals surface area contributed by atoms with Gasteiger partial charge in [-0.3, -0.25) is 4.79 Å². The number of aliphatic hydroxyl groups is 1. The highest BCUT2D eigenvalue weighted by molar-refractivity contribution is 7.11. The van der Waals surface area contributed by atoms with E-state index >= 15 is 0 Å². The maximum Gasteiger partial charge on any atom is 0.244 e. The fourth-order valence-corrected chi connectivity index (χ4v) is 2.83. The Labute approximate surface area is 131 Å². The van der Waals surface area contributed by atoms with E-state index in [1.165, 1.54) is 17.4 Å². The Hall–Kier alpha value is -2.44. The lowest BCUT2D eigenvalue weighted by Crippen LogP contribution is -2.20. The standard InChI is InChI=1S/C16H15N3O2S/c20-10-12-7-14(22-11-12)4-5-16(21)17-8-13-9-19-6-2-1-3-15(19)18-13/h1-7,9,11,20H,8,10H2,(H,17,21). The molecule has 0 aromatic carbocycles. The van der Waals surface area contributed by atoms with Crippen molar-refractivity contribution in [1.82, 2.24) is 14.7 Å². The number of amides is 1. The van der Waals surface area contributed by atoms with Crippen molar-refractivity contribution in [2.24, 2.45) is 0 Å². The first kappa shape index (κ1) is 14.5. The number of imidazole rings is 1. The van der Waals surface area contributed by atoms with E-state index in [2.05, 4.69) is 10.3 Å². The second-order valence-electron chi connectivity index (χ2n) is 4.76. The second-order valence-corrected chi connectivity index (χ2v) is 5.71. The number of hydrogen-bond donors (Lipinski definition) is 2. The summed E-state index contributed by atoms with van der Waals surface area (Å²) < 4.78 is 1.92. The molecule has 3 aromatic rings. The van der Waals surface area contributed by atoms with Crippen molar-refractivity contribution in [3.63, 3.8) is 0 Å². The fourth-order valence-electron chi connectivity index (χ4n) is 2.03. The van der Waals surface area contributed by atoms with E-state index in [0.29, 0.717) is 6.54 Å². The third-order valence-corrected chi connectivity index (χ3v) is 4.06. The summed E-state index contributed by atoms with van der Waals surface area (Å²) in [5.74, 6) is -0.170. The van der Waals surface area contributed by atoms with E-state index in [1.54, 1.807) is 6.08 Å². The molecule has 112 valence electrons. The number of carbonyl (C=O) groups excluding carboxylic acids is 1. The van der Waals surface area contributed by atoms with Crippen LogP contribution in [0.1, 0.15) is 16.1 Å². The fraction of sp³-hybridized carbons (Fsp3) is 0.125. The average Bonchev–Trinajstić information content (AvgIpc) is 3.16. The predicted molar refractivity (Wildman–Crippen MR) is 86.3 cm³/mol. The van der Waals surface area contributed by atoms with Crippen LogP contribution in [-0.4, -0.2) is 20.4 Å². The lowest BCUT2D eigenvalue weighted by atomic mass is 10.3. The number of pyridine rings is 1. The van der Waals surface area contributed by atoms with Gasteiger partial charge in [-0.25, -0.2) is 4.98 Å². The van der Waals surface area contributed by atoms with Crippen molar-refractivity contribution >= 4 is 29.0 Å². The molecular formula is C16H15N3O2S. The molecule has 6 heteroatoms. The van der Waals surface area contributed by atoms with Gasteiger partial charge >= 0.3 is 0 Å². The Morgan fingerprint density at radius 3 is 3.14 bits per heavy atom. The number of thiophene rings is 1. The molecule has 22 heavy (non-hydrogen) atoms. The molecule has 0 spiro atoms. The van der Waals surface area contributed by atoms with Crippen LogP contribution in [0.2, 0.25) is 0 Å². The summed E-state index contributed by atoms with van der Waals surface area (Å²) in [5.41, 5.74) is 2.53. The molecule has 3 aromatic heterocycles. The molecule has 0 bridgehead atoms. The molecule has 0 aliphatic carbocycles. The van der Waals surface area contributed by atoms with Gasteiger partial charge < -0.3 is 14.8 Å². The number of nitrogens with one attached hydrogen (secondary N) is 1. The van der Waals surface area contributed by atoms with Crippen molar-refractivity contribution in [2.45, 2.75) is 13.2 Å². The molecule has 0 saturated heterocycles. The van der Waals surface area contributed by atoms with Crippen LogP contribution in [0.15, 0.2) is 48.1 Å². The van der Waals surface area contributed by atoms with E-state index in [1.807, 2.05) is 46.4 Å². The summed E-state index contributed by atoms with van der Waals surface area (Å²) >= 11 is 1.49. The monoisotopic (exact) mass is 313 g/mol. The van der Waals surface area contributed by atoms with Gasteiger partial charge in [-0.2, -0.15) is 0 Å². The Kier molecular flexibility index (Phi) is 4.32. The molecule has 3 rings (SSSR count). The highest BCUT2D eigenvalue weighted by atomic mass is 32.1. The first-order valence-electron chi connectivity index (χ1n) is 6.81.